The van der Waals surface area contributed by atoms with E-state index >= 15 is 0 Å². The first-order chi connectivity index (χ1) is 23.8. The smallest absolute Gasteiger partial charge is 0.412 e. The number of β-lactam (4-membered cyclic amide) rings is 1. The van der Waals surface area contributed by atoms with Crippen LogP contribution >= 0.6 is 11.8 Å². The lowest BCUT2D eigenvalue weighted by Gasteiger charge is -2.46. The molecular formula is C32H36N4O12S2. The largest absolute Gasteiger partial charge is 0.424 e. The summed E-state index contributed by atoms with van der Waals surface area (Å²) in [4.78, 5) is 67.4. The zero-order valence-electron chi connectivity index (χ0n) is 27.0. The first-order valence-corrected chi connectivity index (χ1v) is 17.9. The van der Waals surface area contributed by atoms with Gasteiger partial charge in [0.25, 0.3) is 10.2 Å². The summed E-state index contributed by atoms with van der Waals surface area (Å²) in [5.74, 6) is -4.06. The van der Waals surface area contributed by atoms with Gasteiger partial charge in [-0.25, -0.2) is 29.0 Å². The van der Waals surface area contributed by atoms with E-state index in [-0.39, 0.29) is 36.3 Å². The summed E-state index contributed by atoms with van der Waals surface area (Å²) in [6.45, 7) is 1.59. The number of esters is 3. The molecule has 0 aliphatic carbocycles. The third kappa shape index (κ3) is 8.27. The van der Waals surface area contributed by atoms with Crippen LogP contribution in [0.15, 0.2) is 71.3 Å². The number of hydrogen-bond donors (Lipinski definition) is 3. The maximum absolute atomic E-state index is 13.5. The van der Waals surface area contributed by atoms with E-state index in [0.717, 1.165) is 0 Å². The van der Waals surface area contributed by atoms with Crippen molar-refractivity contribution in [3.8, 4) is 0 Å². The van der Waals surface area contributed by atoms with Gasteiger partial charge in [0.05, 0.1) is 29.2 Å². The topological polar surface area (TPSA) is 221 Å². The van der Waals surface area contributed by atoms with Gasteiger partial charge in [-0.2, -0.15) is 8.42 Å². The van der Waals surface area contributed by atoms with E-state index in [4.69, 9.17) is 24.1 Å². The van der Waals surface area contributed by atoms with Gasteiger partial charge in [0, 0.05) is 35.2 Å². The van der Waals surface area contributed by atoms with E-state index in [2.05, 4.69) is 4.72 Å². The molecule has 0 aromatic heterocycles. The number of carbonyl (C=O) groups excluding carboxylic acids is 5. The maximum atomic E-state index is 13.5. The summed E-state index contributed by atoms with van der Waals surface area (Å²) in [5, 5.41) is 15.0. The molecule has 5 rings (SSSR count). The Kier molecular flexibility index (Phi) is 11.5. The number of rotatable bonds is 13. The minimum atomic E-state index is -4.13. The van der Waals surface area contributed by atoms with Gasteiger partial charge in [-0.15, -0.1) is 11.8 Å². The summed E-state index contributed by atoms with van der Waals surface area (Å²) < 4.78 is 46.2. The Bertz CT molecular complexity index is 1760. The third-order valence-electron chi connectivity index (χ3n) is 8.50. The number of aliphatic hydroxyl groups is 1. The molecule has 18 heteroatoms. The van der Waals surface area contributed by atoms with Crippen LogP contribution in [-0.4, -0.2) is 103 Å². The average Bonchev–Trinajstić information content (AvgIpc) is 3.60. The minimum absolute atomic E-state index is 0.0127. The van der Waals surface area contributed by atoms with Gasteiger partial charge in [0.1, 0.15) is 5.70 Å². The van der Waals surface area contributed by atoms with Crippen LogP contribution in [0, 0.1) is 11.8 Å². The van der Waals surface area contributed by atoms with Crippen LogP contribution in [-0.2, 0) is 38.7 Å². The van der Waals surface area contributed by atoms with Gasteiger partial charge >= 0.3 is 24.0 Å². The van der Waals surface area contributed by atoms with E-state index in [1.165, 1.54) is 52.8 Å². The molecule has 2 amide bonds. The number of nitrogens with one attached hydrogen (secondary N) is 1. The number of benzene rings is 2. The normalized spacial score (nSPS) is 23.5. The lowest BCUT2D eigenvalue weighted by molar-refractivity contribution is -0.166. The molecule has 4 N–H and O–H groups in total. The maximum Gasteiger partial charge on any atom is 0.412 e. The molecule has 2 fully saturated rings. The molecule has 3 aliphatic rings. The Balaban J connectivity index is 1.30. The highest BCUT2D eigenvalue weighted by molar-refractivity contribution is 8.03. The van der Waals surface area contributed by atoms with Crippen LogP contribution in [0.1, 0.15) is 41.0 Å². The van der Waals surface area contributed by atoms with Crippen molar-refractivity contribution in [2.75, 3.05) is 26.7 Å². The molecule has 6 atom stereocenters. The quantitative estimate of drug-likeness (QED) is 0.151. The summed E-state index contributed by atoms with van der Waals surface area (Å²) in [6.07, 6.45) is -1.68. The fourth-order valence-electron chi connectivity index (χ4n) is 6.17. The third-order valence-corrected chi connectivity index (χ3v) is 10.6. The number of hydrogen-bond acceptors (Lipinski definition) is 13. The molecule has 0 radical (unpaired) electrons. The Morgan fingerprint density at radius 2 is 1.48 bits per heavy atom. The van der Waals surface area contributed by atoms with Crippen LogP contribution in [0.25, 0.3) is 0 Å². The van der Waals surface area contributed by atoms with Gasteiger partial charge in [-0.05, 0) is 37.6 Å². The molecular weight excluding hydrogens is 697 g/mol. The van der Waals surface area contributed by atoms with Crippen molar-refractivity contribution in [1.82, 2.24) is 14.5 Å². The van der Waals surface area contributed by atoms with Crippen molar-refractivity contribution >= 4 is 51.9 Å². The summed E-state index contributed by atoms with van der Waals surface area (Å²) in [6, 6.07) is 14.8. The summed E-state index contributed by atoms with van der Waals surface area (Å²) in [5.41, 5.74) is 0.426. The molecule has 2 aromatic carbocycles. The molecule has 0 saturated carbocycles. The second-order valence-corrected chi connectivity index (χ2v) is 14.5. The van der Waals surface area contributed by atoms with E-state index in [1.54, 1.807) is 43.3 Å². The Hall–Kier alpha value is -4.49. The van der Waals surface area contributed by atoms with Gasteiger partial charge in [0.2, 0.25) is 19.5 Å². The number of nitrogens with zero attached hydrogens (tertiary/aromatic N) is 2. The van der Waals surface area contributed by atoms with Crippen molar-refractivity contribution in [3.63, 3.8) is 0 Å². The molecule has 0 bridgehead atoms. The lowest BCUT2D eigenvalue weighted by atomic mass is 9.79. The SMILES string of the molecule is C[C@H]1C(S[C@H]2C[C@@H](CNS(N)(=O)=O)N(C(=O)OCOC(=O)c3ccccc3)C2)=C(C(=O)OCOC(=O)c2ccccc2)N2C(=O)[C@H]([C@@H](C)O)C12. The number of fused-ring (bicyclic) bond motifs is 1. The number of thioether (sulfide) groups is 1. The predicted octanol–water partition coefficient (Wildman–Crippen LogP) is 1.33. The fraction of sp³-hybridized carbons (Fsp3) is 0.406. The van der Waals surface area contributed by atoms with E-state index in [9.17, 15) is 37.5 Å². The lowest BCUT2D eigenvalue weighted by Crippen LogP contribution is -2.63. The van der Waals surface area contributed by atoms with Crippen LogP contribution in [0.5, 0.6) is 0 Å². The van der Waals surface area contributed by atoms with Crippen molar-refractivity contribution in [3.05, 3.63) is 82.4 Å². The highest BCUT2D eigenvalue weighted by Gasteiger charge is 2.60. The number of nitrogens with two attached hydrogens (primary N) is 1. The molecule has 16 nitrogen and oxygen atoms in total. The first-order valence-electron chi connectivity index (χ1n) is 15.5. The molecule has 2 aromatic rings. The van der Waals surface area contributed by atoms with E-state index in [0.29, 0.717) is 4.91 Å². The molecule has 2 saturated heterocycles. The highest BCUT2D eigenvalue weighted by Crippen LogP contribution is 2.52. The molecule has 0 spiro atoms. The van der Waals surface area contributed by atoms with Crippen molar-refractivity contribution < 1.29 is 56.4 Å². The molecule has 3 heterocycles. The van der Waals surface area contributed by atoms with Gasteiger partial charge in [-0.3, -0.25) is 4.79 Å². The summed E-state index contributed by atoms with van der Waals surface area (Å²) >= 11 is 1.20. The zero-order chi connectivity index (χ0) is 36.2. The molecule has 50 heavy (non-hydrogen) atoms. The zero-order valence-corrected chi connectivity index (χ0v) is 28.6. The molecule has 3 aliphatic heterocycles. The monoisotopic (exact) mass is 732 g/mol. The van der Waals surface area contributed by atoms with E-state index in [1.807, 2.05) is 0 Å². The van der Waals surface area contributed by atoms with Crippen molar-refractivity contribution in [2.24, 2.45) is 17.0 Å². The minimum Gasteiger partial charge on any atom is -0.424 e. The highest BCUT2D eigenvalue weighted by atomic mass is 32.2. The second kappa shape index (κ2) is 15.6. The number of likely N-dealkylation sites (tertiary alicyclic amines) is 1. The van der Waals surface area contributed by atoms with Crippen LogP contribution in [0.4, 0.5) is 4.79 Å². The standard InChI is InChI=1S/C32H36N4O12S2/c1-18-25-24(19(2)37)28(38)36(25)26(31(41)47-16-45-29(39)20-9-5-3-6-10-20)27(18)49-23-13-22(14-34-50(33,43)44)35(15-23)32(42)48-17-46-30(40)21-11-7-4-8-12-21/h3-12,18-19,22-25,34,37H,13-17H2,1-2H3,(H2,33,43,44)/t18-,19-,22+,23+,24-,25?/m1/s1. The van der Waals surface area contributed by atoms with Crippen LogP contribution in [0.3, 0.4) is 0 Å². The Labute approximate surface area is 292 Å². The van der Waals surface area contributed by atoms with Gasteiger partial charge in [0.15, 0.2) is 0 Å². The average molecular weight is 733 g/mol. The van der Waals surface area contributed by atoms with Gasteiger partial charge in [-0.1, -0.05) is 43.3 Å². The van der Waals surface area contributed by atoms with E-state index < -0.39 is 89.0 Å². The first kappa shape index (κ1) is 36.8. The number of ether oxygens (including phenoxy) is 4. The van der Waals surface area contributed by atoms with Gasteiger partial charge < -0.3 is 33.9 Å². The van der Waals surface area contributed by atoms with Crippen molar-refractivity contribution in [1.29, 1.82) is 0 Å². The number of carbonyl (C=O) groups is 5. The Morgan fingerprint density at radius 3 is 2.02 bits per heavy atom. The molecule has 1 unspecified atom stereocenters. The van der Waals surface area contributed by atoms with Crippen LogP contribution < -0.4 is 9.86 Å². The number of aliphatic hydroxyl groups excluding tert-OH is 1. The number of amides is 2. The van der Waals surface area contributed by atoms with Crippen LogP contribution in [0.2, 0.25) is 0 Å². The second-order valence-electron chi connectivity index (χ2n) is 11.8. The Morgan fingerprint density at radius 1 is 0.940 bits per heavy atom. The molecule has 268 valence electrons. The predicted molar refractivity (Wildman–Crippen MR) is 176 cm³/mol. The fourth-order valence-corrected chi connectivity index (χ4v) is 8.16. The van der Waals surface area contributed by atoms with Crippen molar-refractivity contribution in [2.45, 2.75) is 43.7 Å². The summed E-state index contributed by atoms with van der Waals surface area (Å²) in [7, 11) is -4.13.